The first-order valence-electron chi connectivity index (χ1n) is 6.91. The van der Waals surface area contributed by atoms with Gasteiger partial charge in [0.1, 0.15) is 6.54 Å². The topological polar surface area (TPSA) is 79.5 Å². The number of carbonyl (C=O) groups excluding carboxylic acids is 1. The first kappa shape index (κ1) is 14.8. The molecule has 1 fully saturated rings. The fraction of sp³-hybridized carbons (Fsp3) is 0.846. The number of carbonyl (C=O) groups is 1. The van der Waals surface area contributed by atoms with Crippen molar-refractivity contribution in [3.05, 3.63) is 0 Å². The van der Waals surface area contributed by atoms with Crippen LogP contribution in [0.25, 0.3) is 0 Å². The Bertz CT molecular complexity index is 283. The highest BCUT2D eigenvalue weighted by Gasteiger charge is 2.15. The van der Waals surface area contributed by atoms with Crippen molar-refractivity contribution in [2.45, 2.75) is 52.0 Å². The molecule has 1 aliphatic carbocycles. The Morgan fingerprint density at radius 2 is 2.00 bits per heavy atom. The van der Waals surface area contributed by atoms with Crippen LogP contribution in [-0.4, -0.2) is 31.0 Å². The average molecular weight is 254 g/mol. The molecule has 0 unspecified atom stereocenters. The van der Waals surface area contributed by atoms with Crippen molar-refractivity contribution in [3.8, 4) is 0 Å². The highest BCUT2D eigenvalue weighted by molar-refractivity contribution is 5.84. The van der Waals surface area contributed by atoms with E-state index in [1.54, 1.807) is 0 Å². The average Bonchev–Trinajstić information content (AvgIpc) is 2.35. The summed E-state index contributed by atoms with van der Waals surface area (Å²) < 4.78 is 0. The largest absolute Gasteiger partial charge is 0.370 e. The van der Waals surface area contributed by atoms with Crippen molar-refractivity contribution >= 4 is 11.9 Å². The number of amides is 1. The molecule has 0 aromatic carbocycles. The van der Waals surface area contributed by atoms with Crippen LogP contribution in [0.15, 0.2) is 4.99 Å². The van der Waals surface area contributed by atoms with E-state index in [4.69, 9.17) is 5.73 Å². The van der Waals surface area contributed by atoms with Crippen LogP contribution in [0, 0.1) is 5.92 Å². The number of aliphatic imine (C=N–C) groups is 1. The molecule has 5 nitrogen and oxygen atoms in total. The summed E-state index contributed by atoms with van der Waals surface area (Å²) in [5.41, 5.74) is 5.66. The Labute approximate surface area is 110 Å². The summed E-state index contributed by atoms with van der Waals surface area (Å²) in [6.45, 7) is 5.08. The van der Waals surface area contributed by atoms with E-state index in [0.29, 0.717) is 17.9 Å². The Kier molecular flexibility index (Phi) is 6.54. The molecule has 104 valence electrons. The molecule has 0 saturated heterocycles. The van der Waals surface area contributed by atoms with Crippen molar-refractivity contribution in [2.75, 3.05) is 13.1 Å². The van der Waals surface area contributed by atoms with E-state index in [-0.39, 0.29) is 12.5 Å². The van der Waals surface area contributed by atoms with Gasteiger partial charge in [0.2, 0.25) is 5.91 Å². The molecule has 0 radical (unpaired) electrons. The SMILES string of the molecule is CC(C)CNC(N)=NCC(=O)NC1CCCCC1. The number of nitrogens with two attached hydrogens (primary N) is 1. The van der Waals surface area contributed by atoms with E-state index < -0.39 is 0 Å². The van der Waals surface area contributed by atoms with Gasteiger partial charge in [0.15, 0.2) is 5.96 Å². The van der Waals surface area contributed by atoms with Crippen molar-refractivity contribution in [1.29, 1.82) is 0 Å². The number of rotatable bonds is 5. The summed E-state index contributed by atoms with van der Waals surface area (Å²) in [7, 11) is 0. The summed E-state index contributed by atoms with van der Waals surface area (Å²) in [6, 6.07) is 0.339. The molecule has 1 amide bonds. The van der Waals surface area contributed by atoms with Gasteiger partial charge in [-0.2, -0.15) is 0 Å². The molecule has 18 heavy (non-hydrogen) atoms. The van der Waals surface area contributed by atoms with Gasteiger partial charge in [-0.25, -0.2) is 4.99 Å². The summed E-state index contributed by atoms with van der Waals surface area (Å²) in [5, 5.41) is 6.00. The van der Waals surface area contributed by atoms with Crippen LogP contribution in [0.1, 0.15) is 46.0 Å². The molecule has 1 saturated carbocycles. The third-order valence-corrected chi connectivity index (χ3v) is 3.05. The number of hydrogen-bond donors (Lipinski definition) is 3. The maximum absolute atomic E-state index is 11.7. The third-order valence-electron chi connectivity index (χ3n) is 3.05. The van der Waals surface area contributed by atoms with E-state index in [1.165, 1.54) is 19.3 Å². The minimum absolute atomic E-state index is 0.0313. The molecule has 0 heterocycles. The molecule has 0 spiro atoms. The second-order valence-corrected chi connectivity index (χ2v) is 5.38. The third kappa shape index (κ3) is 6.47. The van der Waals surface area contributed by atoms with E-state index in [0.717, 1.165) is 19.4 Å². The number of nitrogens with one attached hydrogen (secondary N) is 2. The predicted molar refractivity (Wildman–Crippen MR) is 74.3 cm³/mol. The van der Waals surface area contributed by atoms with Crippen LogP contribution in [0.5, 0.6) is 0 Å². The van der Waals surface area contributed by atoms with Crippen LogP contribution in [0.2, 0.25) is 0 Å². The van der Waals surface area contributed by atoms with Gasteiger partial charge in [0.05, 0.1) is 0 Å². The van der Waals surface area contributed by atoms with Crippen LogP contribution < -0.4 is 16.4 Å². The lowest BCUT2D eigenvalue weighted by Crippen LogP contribution is -2.39. The number of nitrogens with zero attached hydrogens (tertiary/aromatic N) is 1. The van der Waals surface area contributed by atoms with Gasteiger partial charge in [-0.05, 0) is 18.8 Å². The van der Waals surface area contributed by atoms with E-state index in [2.05, 4.69) is 29.5 Å². The normalized spacial score (nSPS) is 17.8. The molecule has 0 aromatic rings. The maximum Gasteiger partial charge on any atom is 0.242 e. The van der Waals surface area contributed by atoms with Crippen molar-refractivity contribution < 1.29 is 4.79 Å². The molecular weight excluding hydrogens is 228 g/mol. The van der Waals surface area contributed by atoms with Crippen molar-refractivity contribution in [1.82, 2.24) is 10.6 Å². The Morgan fingerprint density at radius 1 is 1.33 bits per heavy atom. The lowest BCUT2D eigenvalue weighted by atomic mass is 9.95. The highest BCUT2D eigenvalue weighted by Crippen LogP contribution is 2.17. The molecule has 0 aromatic heterocycles. The lowest BCUT2D eigenvalue weighted by Gasteiger charge is -2.22. The Morgan fingerprint density at radius 3 is 2.61 bits per heavy atom. The predicted octanol–water partition coefficient (Wildman–Crippen LogP) is 0.996. The molecule has 4 N–H and O–H groups in total. The van der Waals surface area contributed by atoms with Crippen LogP contribution >= 0.6 is 0 Å². The van der Waals surface area contributed by atoms with Crippen molar-refractivity contribution in [3.63, 3.8) is 0 Å². The zero-order valence-electron chi connectivity index (χ0n) is 11.5. The zero-order chi connectivity index (χ0) is 13.4. The van der Waals surface area contributed by atoms with Gasteiger partial charge < -0.3 is 16.4 Å². The molecule has 0 bridgehead atoms. The van der Waals surface area contributed by atoms with Gasteiger partial charge in [-0.1, -0.05) is 33.1 Å². The van der Waals surface area contributed by atoms with E-state index in [1.807, 2.05) is 0 Å². The zero-order valence-corrected chi connectivity index (χ0v) is 11.5. The van der Waals surface area contributed by atoms with E-state index >= 15 is 0 Å². The van der Waals surface area contributed by atoms with Crippen LogP contribution in [0.4, 0.5) is 0 Å². The second-order valence-electron chi connectivity index (χ2n) is 5.38. The number of hydrogen-bond acceptors (Lipinski definition) is 2. The molecule has 0 atom stereocenters. The van der Waals surface area contributed by atoms with Gasteiger partial charge in [-0.3, -0.25) is 4.79 Å². The maximum atomic E-state index is 11.7. The minimum Gasteiger partial charge on any atom is -0.370 e. The Balaban J connectivity index is 2.20. The summed E-state index contributed by atoms with van der Waals surface area (Å²) in [4.78, 5) is 15.7. The van der Waals surface area contributed by atoms with Crippen molar-refractivity contribution in [2.24, 2.45) is 16.6 Å². The second kappa shape index (κ2) is 7.95. The summed E-state index contributed by atoms with van der Waals surface area (Å²) >= 11 is 0. The molecular formula is C13H26N4O. The number of guanidine groups is 1. The van der Waals surface area contributed by atoms with Gasteiger partial charge in [0.25, 0.3) is 0 Å². The van der Waals surface area contributed by atoms with E-state index in [9.17, 15) is 4.79 Å². The first-order chi connectivity index (χ1) is 8.58. The first-order valence-corrected chi connectivity index (χ1v) is 6.91. The van der Waals surface area contributed by atoms with Gasteiger partial charge in [0, 0.05) is 12.6 Å². The molecule has 1 aliphatic rings. The quantitative estimate of drug-likeness (QED) is 0.506. The Hall–Kier alpha value is -1.26. The summed E-state index contributed by atoms with van der Waals surface area (Å²) in [5.74, 6) is 0.827. The fourth-order valence-corrected chi connectivity index (χ4v) is 2.04. The molecule has 0 aliphatic heterocycles. The standard InChI is InChI=1S/C13H26N4O/c1-10(2)8-15-13(14)16-9-12(18)17-11-6-4-3-5-7-11/h10-11H,3-9H2,1-2H3,(H,17,18)(H3,14,15,16). The smallest absolute Gasteiger partial charge is 0.242 e. The van der Waals surface area contributed by atoms with Crippen LogP contribution in [0.3, 0.4) is 0 Å². The van der Waals surface area contributed by atoms with Crippen LogP contribution in [-0.2, 0) is 4.79 Å². The summed E-state index contributed by atoms with van der Waals surface area (Å²) in [6.07, 6.45) is 5.91. The minimum atomic E-state index is -0.0313. The lowest BCUT2D eigenvalue weighted by molar-refractivity contribution is -0.120. The molecule has 5 heteroatoms. The monoisotopic (exact) mass is 254 g/mol. The van der Waals surface area contributed by atoms with Gasteiger partial charge in [-0.15, -0.1) is 0 Å². The molecule has 1 rings (SSSR count). The van der Waals surface area contributed by atoms with Gasteiger partial charge >= 0.3 is 0 Å². The highest BCUT2D eigenvalue weighted by atomic mass is 16.1. The fourth-order valence-electron chi connectivity index (χ4n) is 2.04.